The summed E-state index contributed by atoms with van der Waals surface area (Å²) in [6.07, 6.45) is 2.39. The number of hydrogen-bond donors (Lipinski definition) is 1. The Labute approximate surface area is 111 Å². The molecule has 2 N–H and O–H groups in total. The van der Waals surface area contributed by atoms with Gasteiger partial charge in [-0.1, -0.05) is 0 Å². The van der Waals surface area contributed by atoms with Gasteiger partial charge in [0, 0.05) is 27.2 Å². The van der Waals surface area contributed by atoms with Crippen molar-refractivity contribution in [1.82, 2.24) is 4.98 Å². The smallest absolute Gasteiger partial charge is 0.133 e. The van der Waals surface area contributed by atoms with Gasteiger partial charge in [0.05, 0.1) is 10.6 Å². The zero-order chi connectivity index (χ0) is 11.2. The lowest BCUT2D eigenvalue weighted by molar-refractivity contribution is 0.685. The van der Waals surface area contributed by atoms with E-state index in [1.165, 1.54) is 23.4 Å². The molecule has 1 aliphatic carbocycles. The zero-order valence-corrected chi connectivity index (χ0v) is 11.8. The van der Waals surface area contributed by atoms with E-state index in [0.29, 0.717) is 0 Å². The summed E-state index contributed by atoms with van der Waals surface area (Å²) in [5.41, 5.74) is 7.22. The Morgan fingerprint density at radius 2 is 2.19 bits per heavy atom. The van der Waals surface area contributed by atoms with E-state index in [-0.39, 0.29) is 5.41 Å². The van der Waals surface area contributed by atoms with E-state index in [1.54, 1.807) is 22.7 Å². The molecule has 16 heavy (non-hydrogen) atoms. The molecule has 1 saturated carbocycles. The second-order valence-electron chi connectivity index (χ2n) is 4.15. The normalized spacial score (nSPS) is 17.6. The number of aromatic nitrogens is 1. The Morgan fingerprint density at radius 1 is 1.38 bits per heavy atom. The number of rotatable bonds is 3. The van der Waals surface area contributed by atoms with E-state index in [4.69, 9.17) is 10.7 Å². The van der Waals surface area contributed by atoms with Gasteiger partial charge in [-0.3, -0.25) is 0 Å². The molecule has 0 aromatic carbocycles. The molecular formula is C11H11BrN2S2. The van der Waals surface area contributed by atoms with Gasteiger partial charge in [0.1, 0.15) is 5.01 Å². The number of nitrogens with zero attached hydrogens (tertiary/aromatic N) is 1. The van der Waals surface area contributed by atoms with Gasteiger partial charge >= 0.3 is 0 Å². The Balaban J connectivity index is 1.94. The first kappa shape index (κ1) is 10.9. The van der Waals surface area contributed by atoms with Crippen LogP contribution in [0.3, 0.4) is 0 Å². The number of thiazole rings is 1. The Morgan fingerprint density at radius 3 is 2.75 bits per heavy atom. The first-order valence-electron chi connectivity index (χ1n) is 5.14. The van der Waals surface area contributed by atoms with Crippen molar-refractivity contribution >= 4 is 38.6 Å². The summed E-state index contributed by atoms with van der Waals surface area (Å²) in [6, 6.07) is 2.12. The number of halogens is 1. The van der Waals surface area contributed by atoms with Crippen molar-refractivity contribution in [3.05, 3.63) is 27.0 Å². The van der Waals surface area contributed by atoms with Gasteiger partial charge in [0.2, 0.25) is 0 Å². The average molecular weight is 315 g/mol. The van der Waals surface area contributed by atoms with Crippen LogP contribution in [0, 0.1) is 0 Å². The van der Waals surface area contributed by atoms with E-state index in [9.17, 15) is 0 Å². The van der Waals surface area contributed by atoms with E-state index in [0.717, 1.165) is 16.0 Å². The molecule has 0 bridgehead atoms. The topological polar surface area (TPSA) is 38.9 Å². The predicted molar refractivity (Wildman–Crippen MR) is 73.1 cm³/mol. The molecule has 2 heterocycles. The van der Waals surface area contributed by atoms with Crippen molar-refractivity contribution in [2.45, 2.75) is 18.3 Å². The Hall–Kier alpha value is -0.230. The van der Waals surface area contributed by atoms with Crippen molar-refractivity contribution < 1.29 is 0 Å². The molecule has 1 fully saturated rings. The lowest BCUT2D eigenvalue weighted by atomic mass is 10.1. The number of thiophene rings is 1. The molecule has 1 aliphatic rings. The SMILES string of the molecule is NCC1(c2csc(-c3cc(Br)cs3)n2)CC1. The van der Waals surface area contributed by atoms with Crippen molar-refractivity contribution in [1.29, 1.82) is 0 Å². The summed E-state index contributed by atoms with van der Waals surface area (Å²) in [5.74, 6) is 0. The van der Waals surface area contributed by atoms with Gasteiger partial charge in [-0.25, -0.2) is 4.98 Å². The van der Waals surface area contributed by atoms with Crippen LogP contribution in [0.5, 0.6) is 0 Å². The van der Waals surface area contributed by atoms with Crippen molar-refractivity contribution in [3.63, 3.8) is 0 Å². The highest BCUT2D eigenvalue weighted by Gasteiger charge is 2.44. The molecule has 2 aromatic heterocycles. The molecule has 84 valence electrons. The standard InChI is InChI=1S/C11H11BrN2S2/c12-7-3-8(15-4-7)10-14-9(5-16-10)11(6-13)1-2-11/h3-5H,1-2,6,13H2. The fourth-order valence-electron chi connectivity index (χ4n) is 1.77. The van der Waals surface area contributed by atoms with Gasteiger partial charge in [-0.05, 0) is 34.8 Å². The summed E-state index contributed by atoms with van der Waals surface area (Å²) in [7, 11) is 0. The predicted octanol–water partition coefficient (Wildman–Crippen LogP) is 3.62. The maximum Gasteiger partial charge on any atom is 0.133 e. The summed E-state index contributed by atoms with van der Waals surface area (Å²) in [4.78, 5) is 5.96. The summed E-state index contributed by atoms with van der Waals surface area (Å²) in [6.45, 7) is 0.726. The van der Waals surface area contributed by atoms with Gasteiger partial charge in [-0.2, -0.15) is 0 Å². The highest BCUT2D eigenvalue weighted by Crippen LogP contribution is 2.48. The second-order valence-corrected chi connectivity index (χ2v) is 6.84. The maximum atomic E-state index is 5.81. The van der Waals surface area contributed by atoms with E-state index in [2.05, 4.69) is 32.8 Å². The van der Waals surface area contributed by atoms with Crippen molar-refractivity contribution in [2.24, 2.45) is 5.73 Å². The van der Waals surface area contributed by atoms with E-state index in [1.807, 2.05) is 0 Å². The third-order valence-electron chi connectivity index (χ3n) is 3.07. The molecule has 0 unspecified atom stereocenters. The van der Waals surface area contributed by atoms with Crippen molar-refractivity contribution in [2.75, 3.05) is 6.54 Å². The Bertz CT molecular complexity index is 514. The van der Waals surface area contributed by atoms with Crippen LogP contribution >= 0.6 is 38.6 Å². The Kier molecular flexibility index (Phi) is 2.66. The monoisotopic (exact) mass is 314 g/mol. The average Bonchev–Trinajstić information content (AvgIpc) is 2.74. The molecule has 0 amide bonds. The fourth-order valence-corrected chi connectivity index (χ4v) is 4.22. The molecule has 5 heteroatoms. The van der Waals surface area contributed by atoms with Crippen LogP contribution < -0.4 is 5.73 Å². The minimum Gasteiger partial charge on any atom is -0.330 e. The van der Waals surface area contributed by atoms with Gasteiger partial charge in [0.15, 0.2) is 0 Å². The summed E-state index contributed by atoms with van der Waals surface area (Å²) < 4.78 is 1.13. The zero-order valence-electron chi connectivity index (χ0n) is 8.57. The maximum absolute atomic E-state index is 5.81. The lowest BCUT2D eigenvalue weighted by Crippen LogP contribution is -2.19. The first-order valence-corrected chi connectivity index (χ1v) is 7.69. The number of nitrogens with two attached hydrogens (primary N) is 1. The van der Waals surface area contributed by atoms with E-state index < -0.39 is 0 Å². The van der Waals surface area contributed by atoms with Crippen LogP contribution in [-0.4, -0.2) is 11.5 Å². The molecule has 0 spiro atoms. The van der Waals surface area contributed by atoms with Crippen LogP contribution in [0.2, 0.25) is 0 Å². The first-order chi connectivity index (χ1) is 7.73. The van der Waals surface area contributed by atoms with Crippen molar-refractivity contribution in [3.8, 4) is 9.88 Å². The minimum atomic E-state index is 0.212. The molecular weight excluding hydrogens is 304 g/mol. The van der Waals surface area contributed by atoms with Gasteiger partial charge < -0.3 is 5.73 Å². The molecule has 0 atom stereocenters. The lowest BCUT2D eigenvalue weighted by Gasteiger charge is -2.06. The highest BCUT2D eigenvalue weighted by atomic mass is 79.9. The van der Waals surface area contributed by atoms with Crippen LogP contribution in [-0.2, 0) is 5.41 Å². The second kappa shape index (κ2) is 3.91. The van der Waals surface area contributed by atoms with Crippen LogP contribution in [0.4, 0.5) is 0 Å². The molecule has 3 rings (SSSR count). The van der Waals surface area contributed by atoms with E-state index >= 15 is 0 Å². The van der Waals surface area contributed by atoms with Gasteiger partial charge in [-0.15, -0.1) is 22.7 Å². The highest BCUT2D eigenvalue weighted by molar-refractivity contribution is 9.10. The largest absolute Gasteiger partial charge is 0.330 e. The third kappa shape index (κ3) is 1.76. The van der Waals surface area contributed by atoms with Crippen LogP contribution in [0.15, 0.2) is 21.3 Å². The summed E-state index contributed by atoms with van der Waals surface area (Å²) >= 11 is 6.91. The van der Waals surface area contributed by atoms with Gasteiger partial charge in [0.25, 0.3) is 0 Å². The fraction of sp³-hybridized carbons (Fsp3) is 0.364. The molecule has 0 saturated heterocycles. The molecule has 0 aliphatic heterocycles. The molecule has 2 aromatic rings. The van der Waals surface area contributed by atoms with Crippen LogP contribution in [0.1, 0.15) is 18.5 Å². The quantitative estimate of drug-likeness (QED) is 0.939. The summed E-state index contributed by atoms with van der Waals surface area (Å²) in [5, 5.41) is 5.38. The molecule has 2 nitrogen and oxygen atoms in total. The number of hydrogen-bond acceptors (Lipinski definition) is 4. The molecule has 0 radical (unpaired) electrons. The van der Waals surface area contributed by atoms with Crippen LogP contribution in [0.25, 0.3) is 9.88 Å². The third-order valence-corrected chi connectivity index (χ3v) is 5.77. The minimum absolute atomic E-state index is 0.212.